The number of carbonyl (C=O) groups is 2. The van der Waals surface area contributed by atoms with E-state index in [9.17, 15) is 14.7 Å². The van der Waals surface area contributed by atoms with Gasteiger partial charge < -0.3 is 14.6 Å². The van der Waals surface area contributed by atoms with E-state index in [1.807, 2.05) is 0 Å². The fourth-order valence-corrected chi connectivity index (χ4v) is 4.86. The fourth-order valence-electron chi connectivity index (χ4n) is 4.86. The van der Waals surface area contributed by atoms with E-state index < -0.39 is 6.10 Å². The standard InChI is InChI=1S/C39H68O5/c1-3-5-7-9-11-13-15-17-19-21-23-25-27-29-31-33-38(41)43-36-37(35-40)44-39(42)34-32-30-28-26-24-22-20-18-16-14-12-10-8-6-4-2/h6,8,12,14,17-20,37,40H,3-5,7,9-11,13,15-16,21-36H2,1-2H3/b8-6-,14-12-,19-17-,20-18-/t37-/m0/s1. The Morgan fingerprint density at radius 1 is 0.545 bits per heavy atom. The van der Waals surface area contributed by atoms with Gasteiger partial charge in [0.05, 0.1) is 6.61 Å². The minimum Gasteiger partial charge on any atom is -0.462 e. The van der Waals surface area contributed by atoms with Crippen molar-refractivity contribution >= 4 is 11.9 Å². The van der Waals surface area contributed by atoms with Gasteiger partial charge in [0.1, 0.15) is 6.61 Å². The second-order valence-electron chi connectivity index (χ2n) is 11.9. The lowest BCUT2D eigenvalue weighted by Gasteiger charge is -2.15. The van der Waals surface area contributed by atoms with Gasteiger partial charge in [-0.05, 0) is 70.6 Å². The molecule has 0 radical (unpaired) electrons. The van der Waals surface area contributed by atoms with Gasteiger partial charge in [-0.15, -0.1) is 0 Å². The molecule has 0 fully saturated rings. The summed E-state index contributed by atoms with van der Waals surface area (Å²) in [7, 11) is 0. The van der Waals surface area contributed by atoms with E-state index >= 15 is 0 Å². The zero-order chi connectivity index (χ0) is 32.2. The normalized spacial score (nSPS) is 12.7. The molecule has 0 aliphatic carbocycles. The van der Waals surface area contributed by atoms with Crippen LogP contribution < -0.4 is 0 Å². The number of unbranched alkanes of at least 4 members (excludes halogenated alkanes) is 16. The highest BCUT2D eigenvalue weighted by atomic mass is 16.6. The van der Waals surface area contributed by atoms with Crippen LogP contribution in [0.4, 0.5) is 0 Å². The number of hydrogen-bond acceptors (Lipinski definition) is 5. The molecule has 0 aromatic heterocycles. The molecule has 0 spiro atoms. The minimum atomic E-state index is -0.782. The number of esters is 2. The van der Waals surface area contributed by atoms with Crippen LogP contribution in [0, 0.1) is 0 Å². The predicted molar refractivity (Wildman–Crippen MR) is 187 cm³/mol. The molecule has 0 aromatic carbocycles. The topological polar surface area (TPSA) is 72.8 Å². The van der Waals surface area contributed by atoms with Crippen molar-refractivity contribution in [2.24, 2.45) is 0 Å². The lowest BCUT2D eigenvalue weighted by atomic mass is 10.1. The number of aliphatic hydroxyl groups excluding tert-OH is 1. The first-order valence-corrected chi connectivity index (χ1v) is 18.2. The van der Waals surface area contributed by atoms with E-state index in [1.54, 1.807) is 0 Å². The second-order valence-corrected chi connectivity index (χ2v) is 11.9. The van der Waals surface area contributed by atoms with Gasteiger partial charge in [0.2, 0.25) is 0 Å². The summed E-state index contributed by atoms with van der Waals surface area (Å²) < 4.78 is 10.6. The molecule has 0 aliphatic rings. The highest BCUT2D eigenvalue weighted by Crippen LogP contribution is 2.12. The van der Waals surface area contributed by atoms with E-state index in [1.165, 1.54) is 64.2 Å². The molecule has 0 unspecified atom stereocenters. The molecule has 0 bridgehead atoms. The van der Waals surface area contributed by atoms with Crippen LogP contribution in [-0.4, -0.2) is 36.4 Å². The van der Waals surface area contributed by atoms with E-state index in [2.05, 4.69) is 62.5 Å². The minimum absolute atomic E-state index is 0.0780. The van der Waals surface area contributed by atoms with Gasteiger partial charge in [0.25, 0.3) is 0 Å². The molecule has 0 heterocycles. The Kier molecular flexibility index (Phi) is 33.6. The summed E-state index contributed by atoms with van der Waals surface area (Å²) >= 11 is 0. The van der Waals surface area contributed by atoms with Crippen molar-refractivity contribution in [2.75, 3.05) is 13.2 Å². The van der Waals surface area contributed by atoms with Gasteiger partial charge in [-0.3, -0.25) is 9.59 Å². The quantitative estimate of drug-likeness (QED) is 0.0462. The van der Waals surface area contributed by atoms with E-state index in [-0.39, 0.29) is 25.2 Å². The van der Waals surface area contributed by atoms with Crippen molar-refractivity contribution in [1.29, 1.82) is 0 Å². The first-order valence-electron chi connectivity index (χ1n) is 18.2. The van der Waals surface area contributed by atoms with Gasteiger partial charge in [-0.2, -0.15) is 0 Å². The maximum Gasteiger partial charge on any atom is 0.306 e. The molecule has 5 heteroatoms. The third-order valence-electron chi connectivity index (χ3n) is 7.61. The maximum absolute atomic E-state index is 12.1. The van der Waals surface area contributed by atoms with Crippen molar-refractivity contribution in [2.45, 2.75) is 174 Å². The van der Waals surface area contributed by atoms with Crippen LogP contribution in [0.2, 0.25) is 0 Å². The third-order valence-corrected chi connectivity index (χ3v) is 7.61. The zero-order valence-corrected chi connectivity index (χ0v) is 28.7. The molecule has 1 atom stereocenters. The monoisotopic (exact) mass is 617 g/mol. The van der Waals surface area contributed by atoms with Crippen molar-refractivity contribution in [3.8, 4) is 0 Å². The molecule has 1 N–H and O–H groups in total. The molecular weight excluding hydrogens is 548 g/mol. The molecule has 0 saturated carbocycles. The van der Waals surface area contributed by atoms with Gasteiger partial charge in [0.15, 0.2) is 6.10 Å². The molecule has 254 valence electrons. The second kappa shape index (κ2) is 35.3. The van der Waals surface area contributed by atoms with Gasteiger partial charge >= 0.3 is 11.9 Å². The van der Waals surface area contributed by atoms with Crippen molar-refractivity contribution < 1.29 is 24.2 Å². The van der Waals surface area contributed by atoms with Gasteiger partial charge in [-0.25, -0.2) is 0 Å². The summed E-state index contributed by atoms with van der Waals surface area (Å²) in [5, 5.41) is 9.52. The molecule has 0 aromatic rings. The Bertz CT molecular complexity index is 752. The summed E-state index contributed by atoms with van der Waals surface area (Å²) in [4.78, 5) is 24.2. The van der Waals surface area contributed by atoms with Crippen LogP contribution in [0.5, 0.6) is 0 Å². The fraction of sp³-hybridized carbons (Fsp3) is 0.744. The third kappa shape index (κ3) is 32.8. The average molecular weight is 617 g/mol. The van der Waals surface area contributed by atoms with Crippen LogP contribution in [0.1, 0.15) is 168 Å². The predicted octanol–water partition coefficient (Wildman–Crippen LogP) is 11.1. The molecule has 0 amide bonds. The molecule has 0 saturated heterocycles. The van der Waals surface area contributed by atoms with Crippen LogP contribution in [0.15, 0.2) is 48.6 Å². The molecule has 5 nitrogen and oxygen atoms in total. The Balaban J connectivity index is 3.62. The lowest BCUT2D eigenvalue weighted by molar-refractivity contribution is -0.161. The Labute approximate surface area is 271 Å². The van der Waals surface area contributed by atoms with Crippen LogP contribution in [0.25, 0.3) is 0 Å². The highest BCUT2D eigenvalue weighted by Gasteiger charge is 2.16. The molecule has 0 aliphatic heterocycles. The van der Waals surface area contributed by atoms with Gasteiger partial charge in [0, 0.05) is 12.8 Å². The SMILES string of the molecule is CC/C=C\C/C=C\C/C=C\CCCCCCCC(=O)O[C@@H](CO)COC(=O)CCCCCCC/C=C\CCCCCCCC. The van der Waals surface area contributed by atoms with Crippen molar-refractivity contribution in [1.82, 2.24) is 0 Å². The van der Waals surface area contributed by atoms with Crippen molar-refractivity contribution in [3.63, 3.8) is 0 Å². The molecular formula is C39H68O5. The van der Waals surface area contributed by atoms with Gasteiger partial charge in [-0.1, -0.05) is 133 Å². The first kappa shape index (κ1) is 41.9. The largest absolute Gasteiger partial charge is 0.462 e. The number of allylic oxidation sites excluding steroid dienone is 8. The first-order chi connectivity index (χ1) is 21.6. The van der Waals surface area contributed by atoms with E-state index in [0.717, 1.165) is 77.0 Å². The van der Waals surface area contributed by atoms with E-state index in [0.29, 0.717) is 12.8 Å². The van der Waals surface area contributed by atoms with Crippen molar-refractivity contribution in [3.05, 3.63) is 48.6 Å². The highest BCUT2D eigenvalue weighted by molar-refractivity contribution is 5.70. The average Bonchev–Trinajstić information content (AvgIpc) is 3.02. The summed E-state index contributed by atoms with van der Waals surface area (Å²) in [5.74, 6) is -0.623. The Morgan fingerprint density at radius 2 is 0.977 bits per heavy atom. The number of aliphatic hydroxyl groups is 1. The molecule has 0 rings (SSSR count). The van der Waals surface area contributed by atoms with Crippen LogP contribution in [0.3, 0.4) is 0 Å². The summed E-state index contributed by atoms with van der Waals surface area (Å²) in [6.07, 6.45) is 43.1. The number of hydrogen-bond donors (Lipinski definition) is 1. The Morgan fingerprint density at radius 3 is 1.50 bits per heavy atom. The molecule has 44 heavy (non-hydrogen) atoms. The summed E-state index contributed by atoms with van der Waals surface area (Å²) in [6.45, 7) is 3.98. The number of rotatable bonds is 32. The summed E-state index contributed by atoms with van der Waals surface area (Å²) in [5.41, 5.74) is 0. The Hall–Kier alpha value is -2.14. The van der Waals surface area contributed by atoms with E-state index in [4.69, 9.17) is 9.47 Å². The lowest BCUT2D eigenvalue weighted by Crippen LogP contribution is -2.28. The van der Waals surface area contributed by atoms with Crippen LogP contribution in [-0.2, 0) is 19.1 Å². The summed E-state index contributed by atoms with van der Waals surface area (Å²) in [6, 6.07) is 0. The maximum atomic E-state index is 12.1. The zero-order valence-electron chi connectivity index (χ0n) is 28.7. The van der Waals surface area contributed by atoms with Crippen LogP contribution >= 0.6 is 0 Å². The number of carbonyl (C=O) groups excluding carboxylic acids is 2. The smallest absolute Gasteiger partial charge is 0.306 e. The number of ether oxygens (including phenoxy) is 2.